The Morgan fingerprint density at radius 1 is 1.17 bits per heavy atom. The Balaban J connectivity index is 1.70. The molecule has 0 unspecified atom stereocenters. The van der Waals surface area contributed by atoms with Gasteiger partial charge in [-0.1, -0.05) is 24.3 Å². The topological polar surface area (TPSA) is 41.6 Å². The van der Waals surface area contributed by atoms with E-state index in [1.807, 2.05) is 24.3 Å². The van der Waals surface area contributed by atoms with E-state index in [-0.39, 0.29) is 24.0 Å². The third kappa shape index (κ3) is 2.76. The lowest BCUT2D eigenvalue weighted by Crippen LogP contribution is -2.46. The van der Waals surface area contributed by atoms with Crippen LogP contribution in [0.15, 0.2) is 48.5 Å². The number of hydrogen-bond acceptors (Lipinski definition) is 3. The number of nitrogens with zero attached hydrogens (tertiary/aromatic N) is 1. The molecule has 124 valence electrons. The first-order valence-corrected chi connectivity index (χ1v) is 8.26. The van der Waals surface area contributed by atoms with Gasteiger partial charge >= 0.3 is 0 Å². The monoisotopic (exact) mass is 326 g/mol. The Labute approximate surface area is 140 Å². The summed E-state index contributed by atoms with van der Waals surface area (Å²) in [5.74, 6) is -0.305. The van der Waals surface area contributed by atoms with Crippen molar-refractivity contribution in [3.8, 4) is 0 Å². The summed E-state index contributed by atoms with van der Waals surface area (Å²) in [5.41, 5.74) is 2.33. The summed E-state index contributed by atoms with van der Waals surface area (Å²) in [5, 5.41) is 3.41. The second-order valence-electron chi connectivity index (χ2n) is 6.24. The molecule has 2 aromatic carbocycles. The van der Waals surface area contributed by atoms with Gasteiger partial charge < -0.3 is 15.0 Å². The molecule has 1 N–H and O–H groups in total. The standard InChI is InChI=1S/C19H19FN2O2/c20-14-9-7-13(8-10-14)18-21-17-6-2-1-5-16(17)19(23)22(18)12-15-4-3-11-24-15/h1-2,5-10,15,18,21H,3-4,11-12H2/t15-,18-/m0/s1. The average molecular weight is 326 g/mol. The molecule has 2 atom stereocenters. The molecule has 1 amide bonds. The van der Waals surface area contributed by atoms with Gasteiger partial charge in [-0.25, -0.2) is 4.39 Å². The number of hydrogen-bond donors (Lipinski definition) is 1. The van der Waals surface area contributed by atoms with Crippen molar-refractivity contribution in [1.82, 2.24) is 4.90 Å². The van der Waals surface area contributed by atoms with Gasteiger partial charge in [-0.3, -0.25) is 4.79 Å². The van der Waals surface area contributed by atoms with Gasteiger partial charge in [0.25, 0.3) is 5.91 Å². The number of ether oxygens (including phenoxy) is 1. The molecule has 4 rings (SSSR count). The molecular formula is C19H19FN2O2. The predicted octanol–water partition coefficient (Wildman–Crippen LogP) is 3.57. The highest BCUT2D eigenvalue weighted by Crippen LogP contribution is 2.34. The minimum atomic E-state index is -0.322. The molecule has 0 radical (unpaired) electrons. The summed E-state index contributed by atoms with van der Waals surface area (Å²) in [6, 6.07) is 13.8. The van der Waals surface area contributed by atoms with Crippen LogP contribution >= 0.6 is 0 Å². The molecule has 0 aromatic heterocycles. The molecule has 2 aromatic rings. The fourth-order valence-corrected chi connectivity index (χ4v) is 3.40. The number of nitrogens with one attached hydrogen (secondary N) is 1. The molecule has 5 heteroatoms. The highest BCUT2D eigenvalue weighted by Gasteiger charge is 2.35. The Morgan fingerprint density at radius 2 is 1.96 bits per heavy atom. The van der Waals surface area contributed by atoms with Crippen molar-refractivity contribution in [2.75, 3.05) is 18.5 Å². The van der Waals surface area contributed by atoms with Crippen LogP contribution in [0.4, 0.5) is 10.1 Å². The highest BCUT2D eigenvalue weighted by molar-refractivity contribution is 6.01. The average Bonchev–Trinajstić information content (AvgIpc) is 3.11. The van der Waals surface area contributed by atoms with Crippen molar-refractivity contribution in [3.05, 3.63) is 65.5 Å². The van der Waals surface area contributed by atoms with E-state index in [1.165, 1.54) is 12.1 Å². The van der Waals surface area contributed by atoms with E-state index in [0.29, 0.717) is 12.1 Å². The van der Waals surface area contributed by atoms with Gasteiger partial charge in [0.1, 0.15) is 12.0 Å². The zero-order chi connectivity index (χ0) is 16.5. The maximum atomic E-state index is 13.3. The van der Waals surface area contributed by atoms with Crippen LogP contribution in [0.2, 0.25) is 0 Å². The molecule has 0 spiro atoms. The van der Waals surface area contributed by atoms with Crippen molar-refractivity contribution in [3.63, 3.8) is 0 Å². The van der Waals surface area contributed by atoms with Crippen LogP contribution in [0.3, 0.4) is 0 Å². The Bertz CT molecular complexity index is 741. The number of rotatable bonds is 3. The van der Waals surface area contributed by atoms with E-state index in [9.17, 15) is 9.18 Å². The first-order valence-electron chi connectivity index (χ1n) is 8.26. The Hall–Kier alpha value is -2.40. The van der Waals surface area contributed by atoms with Crippen molar-refractivity contribution < 1.29 is 13.9 Å². The smallest absolute Gasteiger partial charge is 0.257 e. The van der Waals surface area contributed by atoms with Crippen LogP contribution in [0.5, 0.6) is 0 Å². The van der Waals surface area contributed by atoms with Gasteiger partial charge in [0.2, 0.25) is 0 Å². The summed E-state index contributed by atoms with van der Waals surface area (Å²) in [6.45, 7) is 1.28. The lowest BCUT2D eigenvalue weighted by molar-refractivity contribution is 0.0427. The zero-order valence-corrected chi connectivity index (χ0v) is 13.2. The number of para-hydroxylation sites is 1. The molecule has 2 aliphatic rings. The second kappa shape index (κ2) is 6.24. The lowest BCUT2D eigenvalue weighted by atomic mass is 10.0. The van der Waals surface area contributed by atoms with E-state index in [1.54, 1.807) is 17.0 Å². The van der Waals surface area contributed by atoms with Crippen molar-refractivity contribution in [2.45, 2.75) is 25.1 Å². The number of carbonyl (C=O) groups excluding carboxylic acids is 1. The fourth-order valence-electron chi connectivity index (χ4n) is 3.40. The van der Waals surface area contributed by atoms with Gasteiger partial charge in [0.15, 0.2) is 0 Å². The van der Waals surface area contributed by atoms with Crippen molar-refractivity contribution in [1.29, 1.82) is 0 Å². The molecule has 0 bridgehead atoms. The Kier molecular flexibility index (Phi) is 3.94. The molecular weight excluding hydrogens is 307 g/mol. The molecule has 2 aliphatic heterocycles. The third-order valence-electron chi connectivity index (χ3n) is 4.63. The molecule has 1 saturated heterocycles. The van der Waals surface area contributed by atoms with Crippen LogP contribution in [-0.4, -0.2) is 30.1 Å². The van der Waals surface area contributed by atoms with Crippen LogP contribution in [0.1, 0.15) is 34.9 Å². The minimum absolute atomic E-state index is 0.0193. The number of carbonyl (C=O) groups is 1. The maximum absolute atomic E-state index is 13.3. The zero-order valence-electron chi connectivity index (χ0n) is 13.2. The number of fused-ring (bicyclic) bond motifs is 1. The van der Waals surface area contributed by atoms with Crippen LogP contribution < -0.4 is 5.32 Å². The normalized spacial score (nSPS) is 23.0. The summed E-state index contributed by atoms with van der Waals surface area (Å²) in [4.78, 5) is 14.8. The van der Waals surface area contributed by atoms with E-state index in [0.717, 1.165) is 30.7 Å². The summed E-state index contributed by atoms with van der Waals surface area (Å²) in [7, 11) is 0. The van der Waals surface area contributed by atoms with Gasteiger partial charge in [-0.2, -0.15) is 0 Å². The summed E-state index contributed by atoms with van der Waals surface area (Å²) >= 11 is 0. The number of amides is 1. The van der Waals surface area contributed by atoms with E-state index < -0.39 is 0 Å². The van der Waals surface area contributed by atoms with Gasteiger partial charge in [-0.05, 0) is 42.7 Å². The third-order valence-corrected chi connectivity index (χ3v) is 4.63. The number of anilines is 1. The van der Waals surface area contributed by atoms with E-state index in [4.69, 9.17) is 4.74 Å². The van der Waals surface area contributed by atoms with Gasteiger partial charge in [0.05, 0.1) is 11.7 Å². The molecule has 4 nitrogen and oxygen atoms in total. The summed E-state index contributed by atoms with van der Waals surface area (Å²) < 4.78 is 19.0. The quantitative estimate of drug-likeness (QED) is 0.937. The Morgan fingerprint density at radius 3 is 2.71 bits per heavy atom. The first-order chi connectivity index (χ1) is 11.7. The number of benzene rings is 2. The predicted molar refractivity (Wildman–Crippen MR) is 89.2 cm³/mol. The van der Waals surface area contributed by atoms with E-state index >= 15 is 0 Å². The molecule has 0 saturated carbocycles. The van der Waals surface area contributed by atoms with Gasteiger partial charge in [0, 0.05) is 18.8 Å². The lowest BCUT2D eigenvalue weighted by Gasteiger charge is -2.39. The van der Waals surface area contributed by atoms with E-state index in [2.05, 4.69) is 5.32 Å². The summed E-state index contributed by atoms with van der Waals surface area (Å²) in [6.07, 6.45) is 1.72. The molecule has 0 aliphatic carbocycles. The molecule has 1 fully saturated rings. The van der Waals surface area contributed by atoms with Crippen LogP contribution in [-0.2, 0) is 4.74 Å². The van der Waals surface area contributed by atoms with Crippen LogP contribution in [0, 0.1) is 5.82 Å². The van der Waals surface area contributed by atoms with Crippen molar-refractivity contribution >= 4 is 11.6 Å². The minimum Gasteiger partial charge on any atom is -0.376 e. The van der Waals surface area contributed by atoms with Crippen LogP contribution in [0.25, 0.3) is 0 Å². The second-order valence-corrected chi connectivity index (χ2v) is 6.24. The highest BCUT2D eigenvalue weighted by atomic mass is 19.1. The maximum Gasteiger partial charge on any atom is 0.257 e. The first kappa shape index (κ1) is 15.1. The molecule has 2 heterocycles. The number of halogens is 1. The SMILES string of the molecule is O=C1c2ccccc2N[C@H](c2ccc(F)cc2)N1C[C@@H]1CCCO1. The van der Waals surface area contributed by atoms with Gasteiger partial charge in [-0.15, -0.1) is 0 Å². The fraction of sp³-hybridized carbons (Fsp3) is 0.316. The van der Waals surface area contributed by atoms with Crippen molar-refractivity contribution in [2.24, 2.45) is 0 Å². The largest absolute Gasteiger partial charge is 0.376 e. The molecule has 24 heavy (non-hydrogen) atoms.